The first-order valence-corrected chi connectivity index (χ1v) is 12.5. The topological polar surface area (TPSA) is 88.7 Å². The number of aromatic nitrogens is 1. The van der Waals surface area contributed by atoms with Gasteiger partial charge in [-0.05, 0) is 56.8 Å². The van der Waals surface area contributed by atoms with Gasteiger partial charge in [-0.15, -0.1) is 0 Å². The Kier molecular flexibility index (Phi) is 5.21. The van der Waals surface area contributed by atoms with Gasteiger partial charge in [0.2, 0.25) is 5.91 Å². The SMILES string of the molecule is O=C1NCCCN(C(=O)c2ccc[nH]2)CCCN2C(=O)[C@@]3(c4ccccc42)[C@H]1C[C@@H]1CCCN13. The fraction of sp³-hybridized carbons (Fsp3) is 0.500. The Morgan fingerprint density at radius 1 is 0.971 bits per heavy atom. The number of hydrogen-bond acceptors (Lipinski definition) is 4. The van der Waals surface area contributed by atoms with E-state index in [1.54, 1.807) is 12.3 Å². The zero-order chi connectivity index (χ0) is 23.3. The largest absolute Gasteiger partial charge is 0.357 e. The van der Waals surface area contributed by atoms with E-state index in [4.69, 9.17) is 0 Å². The van der Waals surface area contributed by atoms with Crippen LogP contribution < -0.4 is 10.2 Å². The van der Waals surface area contributed by atoms with Crippen LogP contribution in [0.4, 0.5) is 5.69 Å². The number of carbonyl (C=O) groups is 3. The first-order chi connectivity index (χ1) is 16.6. The molecule has 34 heavy (non-hydrogen) atoms. The van der Waals surface area contributed by atoms with E-state index < -0.39 is 11.5 Å². The van der Waals surface area contributed by atoms with Crippen molar-refractivity contribution in [1.82, 2.24) is 20.1 Å². The summed E-state index contributed by atoms with van der Waals surface area (Å²) in [6, 6.07) is 11.9. The lowest BCUT2D eigenvalue weighted by atomic mass is 9.78. The second-order valence-corrected chi connectivity index (χ2v) is 9.89. The number of anilines is 1. The number of H-pyrrole nitrogens is 1. The van der Waals surface area contributed by atoms with Crippen molar-refractivity contribution in [2.24, 2.45) is 5.92 Å². The van der Waals surface area contributed by atoms with E-state index in [1.165, 1.54) is 0 Å². The number of fused-ring (bicyclic) bond motifs is 4. The number of nitrogens with zero attached hydrogens (tertiary/aromatic N) is 3. The predicted molar refractivity (Wildman–Crippen MR) is 127 cm³/mol. The highest BCUT2D eigenvalue weighted by atomic mass is 16.2. The van der Waals surface area contributed by atoms with Gasteiger partial charge in [0, 0.05) is 49.7 Å². The monoisotopic (exact) mass is 461 g/mol. The van der Waals surface area contributed by atoms with Gasteiger partial charge in [-0.25, -0.2) is 0 Å². The maximum Gasteiger partial charge on any atom is 0.270 e. The lowest BCUT2D eigenvalue weighted by molar-refractivity contribution is -0.138. The van der Waals surface area contributed by atoms with E-state index in [1.807, 2.05) is 40.1 Å². The van der Waals surface area contributed by atoms with Gasteiger partial charge in [-0.3, -0.25) is 19.3 Å². The fourth-order valence-electron chi connectivity index (χ4n) is 6.76. The van der Waals surface area contributed by atoms with Crippen LogP contribution in [0.15, 0.2) is 42.6 Å². The van der Waals surface area contributed by atoms with Crippen LogP contribution in [-0.4, -0.2) is 71.3 Å². The molecular formula is C26H31N5O3. The van der Waals surface area contributed by atoms with Gasteiger partial charge in [0.05, 0.1) is 5.92 Å². The molecule has 3 atom stereocenters. The van der Waals surface area contributed by atoms with Gasteiger partial charge in [0.15, 0.2) is 0 Å². The minimum absolute atomic E-state index is 0.0275. The number of carbonyl (C=O) groups excluding carboxylic acids is 3. The zero-order valence-electron chi connectivity index (χ0n) is 19.3. The zero-order valence-corrected chi connectivity index (χ0v) is 19.3. The van der Waals surface area contributed by atoms with E-state index in [-0.39, 0.29) is 23.8 Å². The number of benzene rings is 1. The quantitative estimate of drug-likeness (QED) is 0.681. The van der Waals surface area contributed by atoms with Crippen molar-refractivity contribution in [1.29, 1.82) is 0 Å². The molecule has 8 heteroatoms. The van der Waals surface area contributed by atoms with Crippen LogP contribution in [0.5, 0.6) is 0 Å². The average molecular weight is 462 g/mol. The number of amides is 3. The first kappa shape index (κ1) is 21.4. The third kappa shape index (κ3) is 3.04. The summed E-state index contributed by atoms with van der Waals surface area (Å²) in [5.74, 6) is -0.456. The lowest BCUT2D eigenvalue weighted by Gasteiger charge is -2.37. The van der Waals surface area contributed by atoms with Crippen LogP contribution in [-0.2, 0) is 15.1 Å². The molecule has 3 saturated heterocycles. The third-order valence-corrected chi connectivity index (χ3v) is 8.16. The Bertz CT molecular complexity index is 1120. The van der Waals surface area contributed by atoms with Gasteiger partial charge in [0.1, 0.15) is 11.2 Å². The normalized spacial score (nSPS) is 29.5. The molecule has 0 radical (unpaired) electrons. The molecule has 1 spiro atoms. The van der Waals surface area contributed by atoms with E-state index >= 15 is 0 Å². The van der Waals surface area contributed by atoms with Gasteiger partial charge in [-0.1, -0.05) is 18.2 Å². The maximum atomic E-state index is 14.3. The Morgan fingerprint density at radius 2 is 1.82 bits per heavy atom. The summed E-state index contributed by atoms with van der Waals surface area (Å²) < 4.78 is 0. The molecule has 1 aromatic heterocycles. The lowest BCUT2D eigenvalue weighted by Crippen LogP contribution is -2.56. The molecule has 1 aromatic carbocycles. The van der Waals surface area contributed by atoms with Crippen LogP contribution in [0.2, 0.25) is 0 Å². The van der Waals surface area contributed by atoms with Crippen LogP contribution in [0.3, 0.4) is 0 Å². The molecule has 3 amide bonds. The average Bonchev–Trinajstić information content (AvgIpc) is 3.62. The number of para-hydroxylation sites is 1. The van der Waals surface area contributed by atoms with E-state index in [0.717, 1.165) is 37.1 Å². The second-order valence-electron chi connectivity index (χ2n) is 9.89. The fourth-order valence-corrected chi connectivity index (χ4v) is 6.76. The van der Waals surface area contributed by atoms with Crippen molar-refractivity contribution in [3.05, 3.63) is 53.9 Å². The predicted octanol–water partition coefficient (Wildman–Crippen LogP) is 2.09. The summed E-state index contributed by atoms with van der Waals surface area (Å²) in [6.45, 7) is 2.98. The molecule has 5 heterocycles. The Labute approximate surface area is 199 Å². The smallest absolute Gasteiger partial charge is 0.270 e. The van der Waals surface area contributed by atoms with E-state index in [2.05, 4.69) is 15.2 Å². The summed E-state index contributed by atoms with van der Waals surface area (Å²) in [5.41, 5.74) is 1.54. The van der Waals surface area contributed by atoms with Gasteiger partial charge in [-0.2, -0.15) is 0 Å². The van der Waals surface area contributed by atoms with Gasteiger partial charge >= 0.3 is 0 Å². The summed E-state index contributed by atoms with van der Waals surface area (Å²) >= 11 is 0. The molecule has 6 rings (SSSR count). The highest BCUT2D eigenvalue weighted by Crippen LogP contribution is 2.57. The minimum Gasteiger partial charge on any atom is -0.357 e. The maximum absolute atomic E-state index is 14.3. The Morgan fingerprint density at radius 3 is 2.68 bits per heavy atom. The van der Waals surface area contributed by atoms with Crippen molar-refractivity contribution < 1.29 is 14.4 Å². The van der Waals surface area contributed by atoms with E-state index in [9.17, 15) is 14.4 Å². The van der Waals surface area contributed by atoms with Gasteiger partial charge in [0.25, 0.3) is 11.8 Å². The molecule has 178 valence electrons. The van der Waals surface area contributed by atoms with Crippen LogP contribution in [0.1, 0.15) is 48.2 Å². The van der Waals surface area contributed by atoms with E-state index in [0.29, 0.717) is 44.7 Å². The molecule has 2 aromatic rings. The molecule has 3 fully saturated rings. The first-order valence-electron chi connectivity index (χ1n) is 12.5. The summed E-state index contributed by atoms with van der Waals surface area (Å²) in [4.78, 5) is 49.9. The standard InChI is InChI=1S/C26H31N5O3/c32-23-20-17-18-7-4-16-31(18)26(20)19-8-1-2-10-22(19)30(25(26)34)15-6-14-29(13-5-12-28-23)24(33)21-9-3-11-27-21/h1-3,8-11,18,20,27H,4-7,12-17H2,(H,28,32)/t18-,20-,26+/m0/s1. The number of nitrogens with one attached hydrogen (secondary N) is 2. The highest BCUT2D eigenvalue weighted by Gasteiger charge is 2.66. The molecule has 0 aliphatic carbocycles. The molecule has 4 aliphatic rings. The van der Waals surface area contributed by atoms with Crippen molar-refractivity contribution >= 4 is 23.4 Å². The van der Waals surface area contributed by atoms with Crippen LogP contribution >= 0.6 is 0 Å². The molecule has 2 bridgehead atoms. The molecule has 4 aliphatic heterocycles. The molecule has 0 saturated carbocycles. The van der Waals surface area contributed by atoms with Crippen LogP contribution in [0, 0.1) is 5.92 Å². The number of aromatic amines is 1. The molecule has 0 unspecified atom stereocenters. The highest BCUT2D eigenvalue weighted by molar-refractivity contribution is 6.11. The minimum atomic E-state index is -0.907. The van der Waals surface area contributed by atoms with Crippen molar-refractivity contribution in [2.75, 3.05) is 37.6 Å². The Hall–Kier alpha value is -3.13. The summed E-state index contributed by atoms with van der Waals surface area (Å²) in [5, 5.41) is 3.12. The molecule has 2 N–H and O–H groups in total. The van der Waals surface area contributed by atoms with Crippen molar-refractivity contribution in [2.45, 2.75) is 43.7 Å². The summed E-state index contributed by atoms with van der Waals surface area (Å²) in [7, 11) is 0. The third-order valence-electron chi connectivity index (χ3n) is 8.16. The molecular weight excluding hydrogens is 430 g/mol. The second kappa shape index (κ2) is 8.27. The Balaban J connectivity index is 1.37. The number of hydrogen-bond donors (Lipinski definition) is 2. The van der Waals surface area contributed by atoms with Gasteiger partial charge < -0.3 is 20.1 Å². The van der Waals surface area contributed by atoms with Crippen molar-refractivity contribution in [3.63, 3.8) is 0 Å². The molecule has 8 nitrogen and oxygen atoms in total. The summed E-state index contributed by atoms with van der Waals surface area (Å²) in [6.07, 6.45) is 5.93. The van der Waals surface area contributed by atoms with Crippen molar-refractivity contribution in [3.8, 4) is 0 Å². The van der Waals surface area contributed by atoms with Crippen LogP contribution in [0.25, 0.3) is 0 Å². The number of rotatable bonds is 1.